The summed E-state index contributed by atoms with van der Waals surface area (Å²) in [6.07, 6.45) is 11.0. The van der Waals surface area contributed by atoms with Crippen molar-refractivity contribution < 1.29 is 23.9 Å². The molecule has 2 heterocycles. The normalized spacial score (nSPS) is 20.1. The number of likely N-dealkylation sites (N-methyl/N-ethyl adjacent to an activating group) is 1. The number of nitrogens with two attached hydrogens (primary N) is 1. The van der Waals surface area contributed by atoms with E-state index < -0.39 is 24.2 Å². The molecule has 1 aliphatic heterocycles. The van der Waals surface area contributed by atoms with Gasteiger partial charge in [0.2, 0.25) is 17.7 Å². The summed E-state index contributed by atoms with van der Waals surface area (Å²) in [5, 5.41) is 6.02. The van der Waals surface area contributed by atoms with Crippen molar-refractivity contribution in [2.75, 3.05) is 27.8 Å². The summed E-state index contributed by atoms with van der Waals surface area (Å²) in [6.45, 7) is 14.5. The van der Waals surface area contributed by atoms with E-state index >= 15 is 0 Å². The van der Waals surface area contributed by atoms with E-state index in [4.69, 9.17) is 15.2 Å². The van der Waals surface area contributed by atoms with Crippen LogP contribution >= 0.6 is 11.3 Å². The number of amides is 3. The van der Waals surface area contributed by atoms with Gasteiger partial charge in [-0.3, -0.25) is 14.4 Å². The van der Waals surface area contributed by atoms with Gasteiger partial charge in [0.15, 0.2) is 0 Å². The maximum absolute atomic E-state index is 14.0. The van der Waals surface area contributed by atoms with E-state index in [1.807, 2.05) is 44.1 Å². The highest BCUT2D eigenvalue weighted by atomic mass is 32.1. The molecular weight excluding hydrogens is 614 g/mol. The Morgan fingerprint density at radius 2 is 1.87 bits per heavy atom. The van der Waals surface area contributed by atoms with Gasteiger partial charge >= 0.3 is 0 Å². The first kappa shape index (κ1) is 40.6. The quantitative estimate of drug-likeness (QED) is 0.185. The number of aromatic nitrogens is 1. The van der Waals surface area contributed by atoms with Gasteiger partial charge in [0, 0.05) is 39.4 Å². The van der Waals surface area contributed by atoms with Crippen LogP contribution in [0.1, 0.15) is 98.0 Å². The molecular formula is C36H61N5O5S. The predicted molar refractivity (Wildman–Crippen MR) is 190 cm³/mol. The first-order valence-corrected chi connectivity index (χ1v) is 18.1. The standard InChI is InChI=1S/C36H61N5O5S/c1-11-15-26(16-12-2)21-27(35-38-18-20-47-35)39-34(43)25(7)33(46-10)28-17-14-19-41(28)30(42)22-29(45-9)32(24(6)13-3)40(8)36(44)31(37)23(4)5/h11,15-16,18,20,23-25,27-29,31-33H,12-14,17,19,21-22,37H2,1-10H3,(H,39,43)/b15-11-,26-16+/t24-,25+,27-,28-,29+,31-,32-,33+/m0/s1. The van der Waals surface area contributed by atoms with Crippen LogP contribution in [0, 0.1) is 17.8 Å². The van der Waals surface area contributed by atoms with Gasteiger partial charge in [0.1, 0.15) is 5.01 Å². The molecule has 1 saturated heterocycles. The lowest BCUT2D eigenvalue weighted by Gasteiger charge is -2.40. The third kappa shape index (κ3) is 11.0. The van der Waals surface area contributed by atoms with Crippen LogP contribution in [0.15, 0.2) is 35.4 Å². The van der Waals surface area contributed by atoms with Crippen LogP contribution in [0.2, 0.25) is 0 Å². The summed E-state index contributed by atoms with van der Waals surface area (Å²) in [5.41, 5.74) is 7.39. The van der Waals surface area contributed by atoms with E-state index in [1.165, 1.54) is 11.3 Å². The number of nitrogens with one attached hydrogen (secondary N) is 1. The Kier molecular flexibility index (Phi) is 17.3. The molecule has 1 aliphatic rings. The average Bonchev–Trinajstić information content (AvgIpc) is 3.77. The number of hydrogen-bond donors (Lipinski definition) is 2. The molecule has 1 aromatic heterocycles. The van der Waals surface area contributed by atoms with Gasteiger partial charge in [-0.2, -0.15) is 0 Å². The fourth-order valence-corrected chi connectivity index (χ4v) is 7.36. The first-order chi connectivity index (χ1) is 22.4. The second-order valence-electron chi connectivity index (χ2n) is 13.2. The first-order valence-electron chi connectivity index (χ1n) is 17.2. The minimum absolute atomic E-state index is 0.0134. The lowest BCUT2D eigenvalue weighted by molar-refractivity contribution is -0.146. The summed E-state index contributed by atoms with van der Waals surface area (Å²) in [6, 6.07) is -1.50. The Morgan fingerprint density at radius 3 is 2.40 bits per heavy atom. The SMILES string of the molecule is C/C=C\C(=C/CC)C[C@H](NC(=O)[C@H](C)[C@@H](OC)[C@@H]1CCCN1C(=O)C[C@@H](OC)[C@H]([C@@H](C)CC)N(C)C(=O)[C@@H](N)C(C)C)c1nccs1. The second kappa shape index (κ2) is 20.0. The zero-order chi connectivity index (χ0) is 35.3. The van der Waals surface area contributed by atoms with Crippen molar-refractivity contribution in [1.29, 1.82) is 0 Å². The molecule has 2 rings (SSSR count). The number of methoxy groups -OCH3 is 2. The molecule has 0 unspecified atom stereocenters. The monoisotopic (exact) mass is 675 g/mol. The molecule has 266 valence electrons. The average molecular weight is 676 g/mol. The van der Waals surface area contributed by atoms with Crippen LogP contribution < -0.4 is 11.1 Å². The lowest BCUT2D eigenvalue weighted by Crippen LogP contribution is -2.56. The molecule has 10 nitrogen and oxygen atoms in total. The zero-order valence-electron chi connectivity index (χ0n) is 30.4. The third-order valence-corrected chi connectivity index (χ3v) is 10.5. The number of likely N-dealkylation sites (tertiary alicyclic amines) is 1. The second-order valence-corrected chi connectivity index (χ2v) is 14.1. The summed E-state index contributed by atoms with van der Waals surface area (Å²) < 4.78 is 11.9. The van der Waals surface area contributed by atoms with Crippen LogP contribution in [-0.2, 0) is 23.9 Å². The van der Waals surface area contributed by atoms with Crippen LogP contribution in [0.3, 0.4) is 0 Å². The van der Waals surface area contributed by atoms with Gasteiger partial charge in [-0.1, -0.05) is 66.2 Å². The number of hydrogen-bond acceptors (Lipinski definition) is 8. The van der Waals surface area contributed by atoms with Gasteiger partial charge < -0.3 is 30.3 Å². The zero-order valence-corrected chi connectivity index (χ0v) is 31.2. The molecule has 11 heteroatoms. The molecule has 0 bridgehead atoms. The van der Waals surface area contributed by atoms with Crippen molar-refractivity contribution in [1.82, 2.24) is 20.1 Å². The van der Waals surface area contributed by atoms with Gasteiger partial charge in [0.05, 0.1) is 48.7 Å². The number of nitrogens with zero attached hydrogens (tertiary/aromatic N) is 3. The fourth-order valence-electron chi connectivity index (χ4n) is 6.67. The van der Waals surface area contributed by atoms with E-state index in [2.05, 4.69) is 43.2 Å². The summed E-state index contributed by atoms with van der Waals surface area (Å²) in [5.74, 6) is -0.818. The molecule has 1 fully saturated rings. The molecule has 0 spiro atoms. The highest BCUT2D eigenvalue weighted by Gasteiger charge is 2.42. The van der Waals surface area contributed by atoms with Gasteiger partial charge in [-0.25, -0.2) is 4.98 Å². The number of ether oxygens (including phenoxy) is 2. The Balaban J connectivity index is 2.26. The molecule has 3 N–H and O–H groups in total. The van der Waals surface area contributed by atoms with Crippen molar-refractivity contribution in [2.45, 2.75) is 123 Å². The van der Waals surface area contributed by atoms with E-state index in [0.29, 0.717) is 13.0 Å². The van der Waals surface area contributed by atoms with Crippen molar-refractivity contribution in [2.24, 2.45) is 23.5 Å². The molecule has 3 amide bonds. The molecule has 0 aromatic carbocycles. The van der Waals surface area contributed by atoms with Gasteiger partial charge in [0.25, 0.3) is 0 Å². The van der Waals surface area contributed by atoms with E-state index in [1.54, 1.807) is 32.4 Å². The molecule has 0 radical (unpaired) electrons. The minimum Gasteiger partial charge on any atom is -0.379 e. The van der Waals surface area contributed by atoms with Crippen molar-refractivity contribution in [3.63, 3.8) is 0 Å². The summed E-state index contributed by atoms with van der Waals surface area (Å²) >= 11 is 1.52. The maximum Gasteiger partial charge on any atom is 0.239 e. The van der Waals surface area contributed by atoms with Crippen molar-refractivity contribution in [3.05, 3.63) is 40.4 Å². The molecule has 0 saturated carbocycles. The van der Waals surface area contributed by atoms with Crippen LogP contribution in [-0.4, -0.2) is 90.7 Å². The van der Waals surface area contributed by atoms with E-state index in [-0.39, 0.29) is 54.1 Å². The predicted octanol–water partition coefficient (Wildman–Crippen LogP) is 5.51. The molecule has 8 atom stereocenters. The maximum atomic E-state index is 14.0. The largest absolute Gasteiger partial charge is 0.379 e. The Labute approximate surface area is 287 Å². The Hall–Kier alpha value is -2.60. The number of thiazole rings is 1. The highest BCUT2D eigenvalue weighted by Crippen LogP contribution is 2.31. The van der Waals surface area contributed by atoms with Crippen LogP contribution in [0.5, 0.6) is 0 Å². The Bertz CT molecular complexity index is 1170. The van der Waals surface area contributed by atoms with Gasteiger partial charge in [-0.15, -0.1) is 11.3 Å². The number of carbonyl (C=O) groups excluding carboxylic acids is 3. The van der Waals surface area contributed by atoms with Crippen molar-refractivity contribution in [3.8, 4) is 0 Å². The number of carbonyl (C=O) groups is 3. The molecule has 47 heavy (non-hydrogen) atoms. The number of rotatable bonds is 19. The highest BCUT2D eigenvalue weighted by molar-refractivity contribution is 7.09. The van der Waals surface area contributed by atoms with Crippen LogP contribution in [0.4, 0.5) is 0 Å². The van der Waals surface area contributed by atoms with E-state index in [0.717, 1.165) is 36.3 Å². The van der Waals surface area contributed by atoms with Crippen LogP contribution in [0.25, 0.3) is 0 Å². The van der Waals surface area contributed by atoms with E-state index in [9.17, 15) is 14.4 Å². The smallest absolute Gasteiger partial charge is 0.239 e. The summed E-state index contributed by atoms with van der Waals surface area (Å²) in [4.78, 5) is 49.2. The topological polar surface area (TPSA) is 127 Å². The number of allylic oxidation sites excluding steroid dienone is 3. The van der Waals surface area contributed by atoms with Crippen molar-refractivity contribution >= 4 is 29.1 Å². The lowest BCUT2D eigenvalue weighted by atomic mass is 9.89. The Morgan fingerprint density at radius 1 is 1.17 bits per heavy atom. The molecule has 1 aromatic rings. The third-order valence-electron chi connectivity index (χ3n) is 9.61. The fraction of sp³-hybridized carbons (Fsp3) is 0.722. The van der Waals surface area contributed by atoms with Gasteiger partial charge in [-0.05, 0) is 50.0 Å². The summed E-state index contributed by atoms with van der Waals surface area (Å²) in [7, 11) is 4.96. The molecule has 0 aliphatic carbocycles. The minimum atomic E-state index is -0.634.